The number of carbonyl (C=O) groups is 1. The van der Waals surface area contributed by atoms with Crippen LogP contribution in [-0.4, -0.2) is 30.0 Å². The Labute approximate surface area is 124 Å². The summed E-state index contributed by atoms with van der Waals surface area (Å²) in [5, 5.41) is 0.487. The second kappa shape index (κ2) is 6.46. The van der Waals surface area contributed by atoms with E-state index in [1.165, 1.54) is 0 Å². The molecule has 1 aromatic carbocycles. The number of ether oxygens (including phenoxy) is 1. The van der Waals surface area contributed by atoms with Gasteiger partial charge in [0.15, 0.2) is 6.10 Å². The van der Waals surface area contributed by atoms with Crippen LogP contribution >= 0.6 is 11.6 Å². The average molecular weight is 297 g/mol. The third-order valence-corrected chi connectivity index (χ3v) is 3.85. The average Bonchev–Trinajstić information content (AvgIpc) is 2.93. The van der Waals surface area contributed by atoms with Crippen molar-refractivity contribution >= 4 is 17.5 Å². The van der Waals surface area contributed by atoms with E-state index in [1.807, 2.05) is 17.9 Å². The van der Waals surface area contributed by atoms with Gasteiger partial charge in [-0.3, -0.25) is 4.79 Å². The second-order valence-electron chi connectivity index (χ2n) is 5.27. The molecule has 1 aromatic rings. The number of hydrogen-bond donors (Lipinski definition) is 1. The normalized spacial score (nSPS) is 17.9. The van der Waals surface area contributed by atoms with E-state index in [2.05, 4.69) is 0 Å². The van der Waals surface area contributed by atoms with Crippen molar-refractivity contribution in [2.75, 3.05) is 13.1 Å². The SMILES string of the molecule is CC(Oc1ccc([C@H](C)N)cc1Cl)C(=O)N1CCCC1. The van der Waals surface area contributed by atoms with Gasteiger partial charge in [-0.25, -0.2) is 0 Å². The molecule has 2 N–H and O–H groups in total. The Morgan fingerprint density at radius 1 is 1.35 bits per heavy atom. The molecule has 0 aromatic heterocycles. The Balaban J connectivity index is 2.03. The number of nitrogens with zero attached hydrogens (tertiary/aromatic N) is 1. The summed E-state index contributed by atoms with van der Waals surface area (Å²) in [6.07, 6.45) is 1.62. The van der Waals surface area contributed by atoms with Crippen molar-refractivity contribution in [2.24, 2.45) is 5.73 Å². The zero-order valence-corrected chi connectivity index (χ0v) is 12.7. The minimum Gasteiger partial charge on any atom is -0.479 e. The fourth-order valence-corrected chi connectivity index (χ4v) is 2.56. The van der Waals surface area contributed by atoms with E-state index in [4.69, 9.17) is 22.1 Å². The third kappa shape index (κ3) is 3.44. The minimum atomic E-state index is -0.522. The van der Waals surface area contributed by atoms with Crippen LogP contribution in [0.25, 0.3) is 0 Å². The molecule has 2 atom stereocenters. The van der Waals surface area contributed by atoms with Crippen LogP contribution in [0.4, 0.5) is 0 Å². The van der Waals surface area contributed by atoms with Gasteiger partial charge in [-0.1, -0.05) is 17.7 Å². The molecular formula is C15H21ClN2O2. The van der Waals surface area contributed by atoms with E-state index in [9.17, 15) is 4.79 Å². The zero-order valence-electron chi connectivity index (χ0n) is 11.9. The van der Waals surface area contributed by atoms with Gasteiger partial charge in [-0.05, 0) is 44.4 Å². The van der Waals surface area contributed by atoms with Crippen molar-refractivity contribution in [2.45, 2.75) is 38.8 Å². The van der Waals surface area contributed by atoms with Crippen LogP contribution in [0.1, 0.15) is 38.3 Å². The predicted molar refractivity (Wildman–Crippen MR) is 80.0 cm³/mol. The lowest BCUT2D eigenvalue weighted by atomic mass is 10.1. The summed E-state index contributed by atoms with van der Waals surface area (Å²) in [5.74, 6) is 0.547. The summed E-state index contributed by atoms with van der Waals surface area (Å²) in [7, 11) is 0. The van der Waals surface area contributed by atoms with Crippen LogP contribution in [-0.2, 0) is 4.79 Å². The summed E-state index contributed by atoms with van der Waals surface area (Å²) in [6.45, 7) is 5.30. The maximum absolute atomic E-state index is 12.2. The first-order valence-electron chi connectivity index (χ1n) is 6.99. The molecule has 1 unspecified atom stereocenters. The standard InChI is InChI=1S/C15H21ClN2O2/c1-10(17)12-5-6-14(13(16)9-12)20-11(2)15(19)18-7-3-4-8-18/h5-6,9-11H,3-4,7-8,17H2,1-2H3/t10-,11?/m0/s1. The highest BCUT2D eigenvalue weighted by molar-refractivity contribution is 6.32. The maximum Gasteiger partial charge on any atom is 0.263 e. The fourth-order valence-electron chi connectivity index (χ4n) is 2.33. The lowest BCUT2D eigenvalue weighted by molar-refractivity contribution is -0.136. The molecule has 1 heterocycles. The lowest BCUT2D eigenvalue weighted by Gasteiger charge is -2.22. The number of carbonyl (C=O) groups excluding carboxylic acids is 1. The van der Waals surface area contributed by atoms with Crippen molar-refractivity contribution in [3.05, 3.63) is 28.8 Å². The van der Waals surface area contributed by atoms with Crippen molar-refractivity contribution in [3.63, 3.8) is 0 Å². The van der Waals surface area contributed by atoms with Crippen LogP contribution in [0.3, 0.4) is 0 Å². The number of amides is 1. The van der Waals surface area contributed by atoms with Crippen LogP contribution in [0.2, 0.25) is 5.02 Å². The molecule has 110 valence electrons. The first-order valence-corrected chi connectivity index (χ1v) is 7.37. The Morgan fingerprint density at radius 2 is 2.00 bits per heavy atom. The highest BCUT2D eigenvalue weighted by Crippen LogP contribution is 2.28. The number of rotatable bonds is 4. The molecule has 1 fully saturated rings. The van der Waals surface area contributed by atoms with Crippen molar-refractivity contribution in [1.82, 2.24) is 4.90 Å². The molecule has 1 amide bonds. The molecular weight excluding hydrogens is 276 g/mol. The van der Waals surface area contributed by atoms with Crippen molar-refractivity contribution < 1.29 is 9.53 Å². The molecule has 5 heteroatoms. The number of benzene rings is 1. The molecule has 0 aliphatic carbocycles. The Hall–Kier alpha value is -1.26. The highest BCUT2D eigenvalue weighted by atomic mass is 35.5. The van der Waals surface area contributed by atoms with Crippen molar-refractivity contribution in [1.29, 1.82) is 0 Å². The summed E-state index contributed by atoms with van der Waals surface area (Å²) in [4.78, 5) is 14.0. The van der Waals surface area contributed by atoms with Gasteiger partial charge in [-0.2, -0.15) is 0 Å². The topological polar surface area (TPSA) is 55.6 Å². The third-order valence-electron chi connectivity index (χ3n) is 3.55. The van der Waals surface area contributed by atoms with Gasteiger partial charge >= 0.3 is 0 Å². The van der Waals surface area contributed by atoms with Gasteiger partial charge < -0.3 is 15.4 Å². The van der Waals surface area contributed by atoms with Crippen LogP contribution in [0.5, 0.6) is 5.75 Å². The highest BCUT2D eigenvalue weighted by Gasteiger charge is 2.25. The summed E-state index contributed by atoms with van der Waals surface area (Å²) < 4.78 is 5.69. The van der Waals surface area contributed by atoms with E-state index < -0.39 is 6.10 Å². The van der Waals surface area contributed by atoms with Crippen LogP contribution in [0.15, 0.2) is 18.2 Å². The van der Waals surface area contributed by atoms with Crippen LogP contribution < -0.4 is 10.5 Å². The molecule has 0 bridgehead atoms. The number of likely N-dealkylation sites (tertiary alicyclic amines) is 1. The monoisotopic (exact) mass is 296 g/mol. The number of nitrogens with two attached hydrogens (primary N) is 1. The molecule has 0 radical (unpaired) electrons. The van der Waals surface area contributed by atoms with Crippen LogP contribution in [0, 0.1) is 0 Å². The van der Waals surface area contributed by atoms with E-state index in [1.54, 1.807) is 19.1 Å². The molecule has 2 rings (SSSR count). The van der Waals surface area contributed by atoms with E-state index in [0.29, 0.717) is 10.8 Å². The molecule has 4 nitrogen and oxygen atoms in total. The number of hydrogen-bond acceptors (Lipinski definition) is 3. The smallest absolute Gasteiger partial charge is 0.263 e. The maximum atomic E-state index is 12.2. The van der Waals surface area contributed by atoms with Gasteiger partial charge in [0.25, 0.3) is 5.91 Å². The van der Waals surface area contributed by atoms with Gasteiger partial charge in [0, 0.05) is 19.1 Å². The van der Waals surface area contributed by atoms with Gasteiger partial charge in [0.05, 0.1) is 5.02 Å². The Morgan fingerprint density at radius 3 is 2.55 bits per heavy atom. The van der Waals surface area contributed by atoms with Gasteiger partial charge in [0.2, 0.25) is 0 Å². The lowest BCUT2D eigenvalue weighted by Crippen LogP contribution is -2.38. The molecule has 1 aliphatic heterocycles. The first-order chi connectivity index (χ1) is 9.49. The Kier molecular flexibility index (Phi) is 4.89. The largest absolute Gasteiger partial charge is 0.479 e. The van der Waals surface area contributed by atoms with Gasteiger partial charge in [-0.15, -0.1) is 0 Å². The van der Waals surface area contributed by atoms with E-state index in [-0.39, 0.29) is 11.9 Å². The quantitative estimate of drug-likeness (QED) is 0.929. The Bertz CT molecular complexity index is 485. The first kappa shape index (κ1) is 15.1. The minimum absolute atomic E-state index is 0.0230. The zero-order chi connectivity index (χ0) is 14.7. The summed E-state index contributed by atoms with van der Waals surface area (Å²) >= 11 is 6.18. The molecule has 0 spiro atoms. The second-order valence-corrected chi connectivity index (χ2v) is 5.68. The van der Waals surface area contributed by atoms with Crippen molar-refractivity contribution in [3.8, 4) is 5.75 Å². The number of halogens is 1. The van der Waals surface area contributed by atoms with Gasteiger partial charge in [0.1, 0.15) is 5.75 Å². The summed E-state index contributed by atoms with van der Waals surface area (Å²) in [5.41, 5.74) is 6.75. The fraction of sp³-hybridized carbons (Fsp3) is 0.533. The molecule has 1 aliphatic rings. The predicted octanol–water partition coefficient (Wildman–Crippen LogP) is 2.75. The van der Waals surface area contributed by atoms with E-state index >= 15 is 0 Å². The summed E-state index contributed by atoms with van der Waals surface area (Å²) in [6, 6.07) is 5.35. The van der Waals surface area contributed by atoms with E-state index in [0.717, 1.165) is 31.5 Å². The molecule has 20 heavy (non-hydrogen) atoms. The molecule has 0 saturated carbocycles. The molecule has 1 saturated heterocycles.